The number of fused-ring (bicyclic) bond motifs is 1. The third kappa shape index (κ3) is 1.78. The van der Waals surface area contributed by atoms with Crippen molar-refractivity contribution in [2.24, 2.45) is 7.05 Å². The van der Waals surface area contributed by atoms with Gasteiger partial charge < -0.3 is 4.98 Å². The Morgan fingerprint density at radius 1 is 1.33 bits per heavy atom. The number of H-pyrrole nitrogens is 1. The van der Waals surface area contributed by atoms with Crippen LogP contribution in [0.3, 0.4) is 0 Å². The Kier molecular flexibility index (Phi) is 2.48. The summed E-state index contributed by atoms with van der Waals surface area (Å²) in [4.78, 5) is 24.7. The van der Waals surface area contributed by atoms with E-state index in [0.29, 0.717) is 17.2 Å². The number of nitrogens with zero attached hydrogens (tertiary/aromatic N) is 6. The van der Waals surface area contributed by atoms with Crippen LogP contribution in [0.4, 0.5) is 0 Å². The van der Waals surface area contributed by atoms with Crippen LogP contribution < -0.4 is 5.69 Å². The van der Waals surface area contributed by atoms with E-state index in [9.17, 15) is 4.79 Å². The van der Waals surface area contributed by atoms with Crippen molar-refractivity contribution in [1.29, 1.82) is 0 Å². The molecule has 4 heterocycles. The molecule has 0 aliphatic rings. The normalized spacial score (nSPS) is 11.3. The lowest BCUT2D eigenvalue weighted by molar-refractivity contribution is 0.607. The van der Waals surface area contributed by atoms with Gasteiger partial charge in [-0.15, -0.1) is 16.4 Å². The molecule has 1 N–H and O–H groups in total. The smallest absolute Gasteiger partial charge is 0.336 e. The van der Waals surface area contributed by atoms with E-state index < -0.39 is 0 Å². The molecule has 4 aromatic rings. The molecule has 21 heavy (non-hydrogen) atoms. The molecule has 4 aromatic heterocycles. The highest BCUT2D eigenvalue weighted by atomic mass is 32.1. The van der Waals surface area contributed by atoms with Crippen molar-refractivity contribution in [3.05, 3.63) is 40.5 Å². The largest absolute Gasteiger partial charge is 0.352 e. The van der Waals surface area contributed by atoms with Crippen LogP contribution in [0.1, 0.15) is 0 Å². The van der Waals surface area contributed by atoms with Crippen molar-refractivity contribution in [2.45, 2.75) is 0 Å². The Morgan fingerprint density at radius 3 is 3.05 bits per heavy atom. The summed E-state index contributed by atoms with van der Waals surface area (Å²) in [5.74, 6) is 0.559. The summed E-state index contributed by atoms with van der Waals surface area (Å²) in [6.45, 7) is 0. The van der Waals surface area contributed by atoms with Crippen LogP contribution >= 0.6 is 11.3 Å². The van der Waals surface area contributed by atoms with Crippen LogP contribution in [-0.2, 0) is 7.05 Å². The monoisotopic (exact) mass is 299 g/mol. The number of thiophene rings is 1. The van der Waals surface area contributed by atoms with Crippen LogP contribution in [0.25, 0.3) is 27.7 Å². The third-order valence-electron chi connectivity index (χ3n) is 3.09. The van der Waals surface area contributed by atoms with E-state index in [1.807, 2.05) is 17.5 Å². The molecule has 0 atom stereocenters. The lowest BCUT2D eigenvalue weighted by atomic mass is 10.4. The van der Waals surface area contributed by atoms with Crippen LogP contribution in [-0.4, -0.2) is 34.3 Å². The summed E-state index contributed by atoms with van der Waals surface area (Å²) < 4.78 is 2.49. The molecule has 0 radical (unpaired) electrons. The van der Waals surface area contributed by atoms with Crippen molar-refractivity contribution >= 4 is 17.0 Å². The minimum Gasteiger partial charge on any atom is -0.336 e. The highest BCUT2D eigenvalue weighted by Gasteiger charge is 2.15. The van der Waals surface area contributed by atoms with Gasteiger partial charge in [-0.05, 0) is 11.4 Å². The second kappa shape index (κ2) is 4.35. The van der Waals surface area contributed by atoms with Gasteiger partial charge >= 0.3 is 5.69 Å². The van der Waals surface area contributed by atoms with Crippen molar-refractivity contribution in [3.8, 4) is 22.1 Å². The third-order valence-corrected chi connectivity index (χ3v) is 3.99. The quantitative estimate of drug-likeness (QED) is 0.594. The first-order valence-electron chi connectivity index (χ1n) is 6.10. The first-order chi connectivity index (χ1) is 10.2. The van der Waals surface area contributed by atoms with Crippen molar-refractivity contribution < 1.29 is 0 Å². The molecule has 0 aromatic carbocycles. The summed E-state index contributed by atoms with van der Waals surface area (Å²) in [5, 5.41) is 9.78. The Balaban J connectivity index is 1.88. The zero-order valence-electron chi connectivity index (χ0n) is 10.9. The van der Waals surface area contributed by atoms with Gasteiger partial charge in [0.1, 0.15) is 6.33 Å². The average molecular weight is 299 g/mol. The summed E-state index contributed by atoms with van der Waals surface area (Å²) in [6, 6.07) is 3.98. The summed E-state index contributed by atoms with van der Waals surface area (Å²) >= 11 is 1.62. The molecule has 4 rings (SSSR count). The Hall–Kier alpha value is -2.81. The second-order valence-corrected chi connectivity index (χ2v) is 5.35. The van der Waals surface area contributed by atoms with Gasteiger partial charge in [0.2, 0.25) is 0 Å². The maximum atomic E-state index is 11.9. The molecule has 0 bridgehead atoms. The van der Waals surface area contributed by atoms with Crippen molar-refractivity contribution in [2.75, 3.05) is 0 Å². The Morgan fingerprint density at radius 2 is 2.24 bits per heavy atom. The maximum Gasteiger partial charge on any atom is 0.352 e. The van der Waals surface area contributed by atoms with Gasteiger partial charge in [0, 0.05) is 7.05 Å². The molecular weight excluding hydrogens is 290 g/mol. The number of hydrogen-bond donors (Lipinski definition) is 1. The fourth-order valence-electron chi connectivity index (χ4n) is 2.05. The van der Waals surface area contributed by atoms with E-state index >= 15 is 0 Å². The standard InChI is InChI=1S/C12H9N7OS/c1-18-12(20)19-6-14-9(11(19)16-17-18)10-13-5-7(15-10)8-3-2-4-21-8/h2-6H,1H3,(H,13,15). The second-order valence-electron chi connectivity index (χ2n) is 4.41. The molecule has 0 aliphatic heterocycles. The number of aryl methyl sites for hydroxylation is 1. The average Bonchev–Trinajstić information content (AvgIpc) is 3.20. The molecule has 0 saturated heterocycles. The van der Waals surface area contributed by atoms with E-state index in [1.54, 1.807) is 17.5 Å². The van der Waals surface area contributed by atoms with Gasteiger partial charge in [0.05, 0.1) is 16.8 Å². The first kappa shape index (κ1) is 12.0. The molecule has 104 valence electrons. The van der Waals surface area contributed by atoms with Gasteiger partial charge in [-0.1, -0.05) is 11.3 Å². The summed E-state index contributed by atoms with van der Waals surface area (Å²) in [7, 11) is 1.54. The maximum absolute atomic E-state index is 11.9. The number of rotatable bonds is 2. The summed E-state index contributed by atoms with van der Waals surface area (Å²) in [6.07, 6.45) is 3.16. The topological polar surface area (TPSA) is 93.8 Å². The first-order valence-corrected chi connectivity index (χ1v) is 6.98. The van der Waals surface area contributed by atoms with Crippen molar-refractivity contribution in [1.82, 2.24) is 34.3 Å². The molecule has 0 spiro atoms. The molecule has 0 saturated carbocycles. The molecule has 0 unspecified atom stereocenters. The molecule has 0 aliphatic carbocycles. The number of aromatic nitrogens is 7. The van der Waals surface area contributed by atoms with Crippen LogP contribution in [0.15, 0.2) is 34.8 Å². The Bertz CT molecular complexity index is 979. The molecule has 8 nitrogen and oxygen atoms in total. The highest BCUT2D eigenvalue weighted by molar-refractivity contribution is 7.13. The number of hydrogen-bond acceptors (Lipinski definition) is 6. The zero-order valence-corrected chi connectivity index (χ0v) is 11.7. The summed E-state index contributed by atoms with van der Waals surface area (Å²) in [5.41, 5.74) is 1.48. The van der Waals surface area contributed by atoms with Crippen LogP contribution in [0.2, 0.25) is 0 Å². The predicted octanol–water partition coefficient (Wildman–Crippen LogP) is 0.942. The molecular formula is C12H9N7OS. The van der Waals surface area contributed by atoms with E-state index in [2.05, 4.69) is 25.3 Å². The van der Waals surface area contributed by atoms with E-state index in [1.165, 1.54) is 17.8 Å². The molecule has 9 heteroatoms. The molecule has 0 amide bonds. The SMILES string of the molecule is Cn1nnc2c(-c3ncc(-c4cccs4)[nH]3)ncn2c1=O. The lowest BCUT2D eigenvalue weighted by Gasteiger charge is -1.96. The minimum atomic E-state index is -0.302. The minimum absolute atomic E-state index is 0.302. The van der Waals surface area contributed by atoms with Gasteiger partial charge in [-0.3, -0.25) is 0 Å². The van der Waals surface area contributed by atoms with Gasteiger partial charge in [-0.2, -0.15) is 4.68 Å². The predicted molar refractivity (Wildman–Crippen MR) is 76.9 cm³/mol. The number of aromatic amines is 1. The van der Waals surface area contributed by atoms with Crippen LogP contribution in [0, 0.1) is 0 Å². The van der Waals surface area contributed by atoms with E-state index in [0.717, 1.165) is 15.3 Å². The van der Waals surface area contributed by atoms with Gasteiger partial charge in [0.25, 0.3) is 0 Å². The lowest BCUT2D eigenvalue weighted by Crippen LogP contribution is -2.26. The fraction of sp³-hybridized carbons (Fsp3) is 0.0833. The number of nitrogens with one attached hydrogen (secondary N) is 1. The van der Waals surface area contributed by atoms with Crippen molar-refractivity contribution in [3.63, 3.8) is 0 Å². The highest BCUT2D eigenvalue weighted by Crippen LogP contribution is 2.25. The van der Waals surface area contributed by atoms with E-state index in [-0.39, 0.29) is 5.69 Å². The Labute approximate surface area is 121 Å². The van der Waals surface area contributed by atoms with Crippen LogP contribution in [0.5, 0.6) is 0 Å². The van der Waals surface area contributed by atoms with Gasteiger partial charge in [-0.25, -0.2) is 19.2 Å². The fourth-order valence-corrected chi connectivity index (χ4v) is 2.74. The number of imidazole rings is 2. The van der Waals surface area contributed by atoms with E-state index in [4.69, 9.17) is 0 Å². The van der Waals surface area contributed by atoms with Gasteiger partial charge in [0.15, 0.2) is 17.2 Å². The molecule has 0 fully saturated rings. The zero-order chi connectivity index (χ0) is 14.4.